The molecule has 124 valence electrons. The lowest BCUT2D eigenvalue weighted by Gasteiger charge is -2.17. The maximum atomic E-state index is 12.6. The second kappa shape index (κ2) is 7.15. The molecule has 0 aliphatic rings. The van der Waals surface area contributed by atoms with Crippen molar-refractivity contribution < 1.29 is 13.2 Å². The van der Waals surface area contributed by atoms with Gasteiger partial charge in [-0.3, -0.25) is 0 Å². The molecule has 0 saturated heterocycles. The molecule has 0 amide bonds. The van der Waals surface area contributed by atoms with Gasteiger partial charge in [0.2, 0.25) is 10.0 Å². The zero-order chi connectivity index (χ0) is 17.0. The first-order valence-electron chi connectivity index (χ1n) is 7.60. The van der Waals surface area contributed by atoms with E-state index in [-0.39, 0.29) is 10.9 Å². The van der Waals surface area contributed by atoms with E-state index in [1.54, 1.807) is 18.2 Å². The van der Waals surface area contributed by atoms with E-state index < -0.39 is 10.0 Å². The van der Waals surface area contributed by atoms with Gasteiger partial charge in [-0.15, -0.1) is 0 Å². The molecule has 23 heavy (non-hydrogen) atoms. The number of rotatable bonds is 6. The topological polar surface area (TPSA) is 55.4 Å². The molecule has 0 aliphatic carbocycles. The quantitative estimate of drug-likeness (QED) is 0.873. The molecular weight excluding hydrogens is 310 g/mol. The van der Waals surface area contributed by atoms with E-state index >= 15 is 0 Å². The van der Waals surface area contributed by atoms with Gasteiger partial charge in [0.25, 0.3) is 0 Å². The molecule has 0 bridgehead atoms. The number of hydrogen-bond acceptors (Lipinski definition) is 3. The van der Waals surface area contributed by atoms with Gasteiger partial charge < -0.3 is 4.74 Å². The summed E-state index contributed by atoms with van der Waals surface area (Å²) < 4.78 is 33.0. The minimum absolute atomic E-state index is 0.146. The Kier molecular flexibility index (Phi) is 5.44. The van der Waals surface area contributed by atoms with Crippen LogP contribution >= 0.6 is 0 Å². The van der Waals surface area contributed by atoms with Gasteiger partial charge in [-0.1, -0.05) is 50.2 Å². The van der Waals surface area contributed by atoms with E-state index in [2.05, 4.69) is 18.6 Å². The van der Waals surface area contributed by atoms with Crippen molar-refractivity contribution in [3.8, 4) is 5.75 Å². The first-order valence-corrected chi connectivity index (χ1v) is 9.08. The predicted molar refractivity (Wildman–Crippen MR) is 92.3 cm³/mol. The van der Waals surface area contributed by atoms with Crippen LogP contribution in [0.5, 0.6) is 5.75 Å². The van der Waals surface area contributed by atoms with Crippen LogP contribution in [0, 0.1) is 0 Å². The molecule has 0 radical (unpaired) electrons. The fourth-order valence-corrected chi connectivity index (χ4v) is 3.78. The lowest BCUT2D eigenvalue weighted by molar-refractivity contribution is 0.402. The van der Waals surface area contributed by atoms with Gasteiger partial charge in [0.15, 0.2) is 0 Å². The molecule has 0 unspecified atom stereocenters. The number of methoxy groups -OCH3 is 1. The van der Waals surface area contributed by atoms with Crippen LogP contribution in [0.3, 0.4) is 0 Å². The molecular formula is C18H23NO3S. The van der Waals surface area contributed by atoms with Crippen molar-refractivity contribution in [2.45, 2.75) is 37.6 Å². The van der Waals surface area contributed by atoms with Crippen LogP contribution < -0.4 is 9.46 Å². The molecule has 2 aromatic rings. The van der Waals surface area contributed by atoms with Crippen molar-refractivity contribution in [2.75, 3.05) is 7.11 Å². The molecule has 2 rings (SSSR count). The highest BCUT2D eigenvalue weighted by atomic mass is 32.2. The molecule has 0 fully saturated rings. The van der Waals surface area contributed by atoms with E-state index in [9.17, 15) is 8.42 Å². The van der Waals surface area contributed by atoms with Gasteiger partial charge in [0.1, 0.15) is 10.6 Å². The summed E-state index contributed by atoms with van der Waals surface area (Å²) in [5, 5.41) is 0. The lowest BCUT2D eigenvalue weighted by atomic mass is 10.00. The third-order valence-electron chi connectivity index (χ3n) is 3.79. The summed E-state index contributed by atoms with van der Waals surface area (Å²) >= 11 is 0. The number of para-hydroxylation sites is 1. The average Bonchev–Trinajstić information content (AvgIpc) is 2.54. The van der Waals surface area contributed by atoms with Crippen LogP contribution in [0.15, 0.2) is 53.4 Å². The fourth-order valence-electron chi connectivity index (χ4n) is 2.37. The third kappa shape index (κ3) is 4.12. The number of ether oxygens (including phenoxy) is 1. The monoisotopic (exact) mass is 333 g/mol. The Morgan fingerprint density at radius 1 is 0.913 bits per heavy atom. The zero-order valence-corrected chi connectivity index (χ0v) is 14.7. The molecule has 1 N–H and O–H groups in total. The second-order valence-corrected chi connectivity index (χ2v) is 7.50. The van der Waals surface area contributed by atoms with E-state index in [1.807, 2.05) is 31.2 Å². The summed E-state index contributed by atoms with van der Waals surface area (Å²) in [4.78, 5) is 0.146. The van der Waals surface area contributed by atoms with Crippen LogP contribution in [0.2, 0.25) is 0 Å². The molecule has 0 aliphatic heterocycles. The molecule has 5 heteroatoms. The molecule has 4 nitrogen and oxygen atoms in total. The van der Waals surface area contributed by atoms with Crippen molar-refractivity contribution in [3.05, 3.63) is 59.7 Å². The van der Waals surface area contributed by atoms with Crippen LogP contribution in [-0.4, -0.2) is 15.5 Å². The van der Waals surface area contributed by atoms with Gasteiger partial charge in [-0.25, -0.2) is 13.1 Å². The normalized spacial score (nSPS) is 13.1. The molecule has 1 atom stereocenters. The van der Waals surface area contributed by atoms with Crippen LogP contribution in [0.4, 0.5) is 0 Å². The highest BCUT2D eigenvalue weighted by Gasteiger charge is 2.22. The fraction of sp³-hybridized carbons (Fsp3) is 0.333. The summed E-state index contributed by atoms with van der Waals surface area (Å²) in [5.41, 5.74) is 2.15. The number of benzene rings is 2. The summed E-state index contributed by atoms with van der Waals surface area (Å²) in [6.45, 7) is 6.09. The van der Waals surface area contributed by atoms with Gasteiger partial charge in [0, 0.05) is 6.04 Å². The van der Waals surface area contributed by atoms with Crippen molar-refractivity contribution in [2.24, 2.45) is 0 Å². The van der Waals surface area contributed by atoms with Crippen LogP contribution in [-0.2, 0) is 10.0 Å². The Morgan fingerprint density at radius 3 is 2.04 bits per heavy atom. The van der Waals surface area contributed by atoms with Gasteiger partial charge in [-0.2, -0.15) is 0 Å². The number of hydrogen-bond donors (Lipinski definition) is 1. The SMILES string of the molecule is COc1ccccc1S(=O)(=O)N[C@H](C)c1ccc(C(C)C)cc1. The Hall–Kier alpha value is -1.85. The lowest BCUT2D eigenvalue weighted by Crippen LogP contribution is -2.27. The Bertz CT molecular complexity index is 752. The molecule has 0 spiro atoms. The Morgan fingerprint density at radius 2 is 1.48 bits per heavy atom. The number of nitrogens with one attached hydrogen (secondary N) is 1. The number of sulfonamides is 1. The predicted octanol–water partition coefficient (Wildman–Crippen LogP) is 3.86. The van der Waals surface area contributed by atoms with E-state index in [4.69, 9.17) is 4.74 Å². The minimum atomic E-state index is -3.65. The van der Waals surface area contributed by atoms with E-state index in [0.29, 0.717) is 11.7 Å². The molecule has 2 aromatic carbocycles. The smallest absolute Gasteiger partial charge is 0.244 e. The van der Waals surface area contributed by atoms with Gasteiger partial charge in [0.05, 0.1) is 7.11 Å². The summed E-state index contributed by atoms with van der Waals surface area (Å²) in [7, 11) is -2.19. The van der Waals surface area contributed by atoms with E-state index in [1.165, 1.54) is 18.7 Å². The Balaban J connectivity index is 2.22. The van der Waals surface area contributed by atoms with Crippen LogP contribution in [0.1, 0.15) is 43.9 Å². The Labute approximate surface area is 138 Å². The molecule has 0 aromatic heterocycles. The zero-order valence-electron chi connectivity index (χ0n) is 13.9. The third-order valence-corrected chi connectivity index (χ3v) is 5.37. The molecule has 0 heterocycles. The average molecular weight is 333 g/mol. The van der Waals surface area contributed by atoms with Crippen LogP contribution in [0.25, 0.3) is 0 Å². The minimum Gasteiger partial charge on any atom is -0.495 e. The first-order chi connectivity index (χ1) is 10.8. The largest absolute Gasteiger partial charge is 0.495 e. The standard InChI is InChI=1S/C18H23NO3S/c1-13(2)15-9-11-16(12-10-15)14(3)19-23(20,21)18-8-6-5-7-17(18)22-4/h5-14,19H,1-4H3/t14-/m1/s1. The van der Waals surface area contributed by atoms with Crippen molar-refractivity contribution >= 4 is 10.0 Å². The highest BCUT2D eigenvalue weighted by Crippen LogP contribution is 2.25. The van der Waals surface area contributed by atoms with Crippen molar-refractivity contribution in [1.82, 2.24) is 4.72 Å². The second-order valence-electron chi connectivity index (χ2n) is 5.82. The van der Waals surface area contributed by atoms with Crippen molar-refractivity contribution in [3.63, 3.8) is 0 Å². The highest BCUT2D eigenvalue weighted by molar-refractivity contribution is 7.89. The summed E-state index contributed by atoms with van der Waals surface area (Å²) in [6, 6.07) is 14.3. The van der Waals surface area contributed by atoms with Gasteiger partial charge in [-0.05, 0) is 36.1 Å². The summed E-state index contributed by atoms with van der Waals surface area (Å²) in [5.74, 6) is 0.784. The van der Waals surface area contributed by atoms with Crippen molar-refractivity contribution in [1.29, 1.82) is 0 Å². The van der Waals surface area contributed by atoms with E-state index in [0.717, 1.165) is 5.56 Å². The first kappa shape index (κ1) is 17.5. The van der Waals surface area contributed by atoms with Gasteiger partial charge >= 0.3 is 0 Å². The molecule has 0 saturated carbocycles. The summed E-state index contributed by atoms with van der Waals surface area (Å²) in [6.07, 6.45) is 0. The maximum Gasteiger partial charge on any atom is 0.244 e. The maximum absolute atomic E-state index is 12.6.